The summed E-state index contributed by atoms with van der Waals surface area (Å²) in [6.07, 6.45) is 3.41. The molecule has 2 heterocycles. The molecule has 0 amide bonds. The average molecular weight is 303 g/mol. The van der Waals surface area contributed by atoms with Gasteiger partial charge in [-0.25, -0.2) is 9.78 Å². The summed E-state index contributed by atoms with van der Waals surface area (Å²) in [5.74, 6) is -0.401. The van der Waals surface area contributed by atoms with Crippen molar-refractivity contribution in [1.82, 2.24) is 9.38 Å². The highest BCUT2D eigenvalue weighted by atomic mass is 32.1. The number of imidazole rings is 1. The molecule has 0 aliphatic heterocycles. The smallest absolute Gasteiger partial charge is 0.349 e. The summed E-state index contributed by atoms with van der Waals surface area (Å²) in [4.78, 5) is 27.1. The van der Waals surface area contributed by atoms with Crippen LogP contribution in [0.4, 0.5) is 5.69 Å². The predicted octanol–water partition coefficient (Wildman–Crippen LogP) is 2.76. The summed E-state index contributed by atoms with van der Waals surface area (Å²) in [6.45, 7) is 0. The second-order valence-corrected chi connectivity index (χ2v) is 5.22. The lowest BCUT2D eigenvalue weighted by molar-refractivity contribution is -0.384. The molecule has 0 radical (unpaired) electrons. The van der Waals surface area contributed by atoms with E-state index in [-0.39, 0.29) is 5.69 Å². The molecule has 7 nitrogen and oxygen atoms in total. The highest BCUT2D eigenvalue weighted by molar-refractivity contribution is 7.18. The molecule has 0 atom stereocenters. The molecule has 2 aromatic heterocycles. The number of rotatable bonds is 3. The molecule has 21 heavy (non-hydrogen) atoms. The third kappa shape index (κ3) is 2.36. The molecule has 106 valence electrons. The van der Waals surface area contributed by atoms with Gasteiger partial charge < -0.3 is 4.74 Å². The molecule has 1 aromatic carbocycles. The topological polar surface area (TPSA) is 86.7 Å². The van der Waals surface area contributed by atoms with E-state index in [2.05, 4.69) is 9.72 Å². The maximum atomic E-state index is 11.4. The number of carbonyl (C=O) groups is 1. The van der Waals surface area contributed by atoms with E-state index >= 15 is 0 Å². The summed E-state index contributed by atoms with van der Waals surface area (Å²) in [6, 6.07) is 6.16. The van der Waals surface area contributed by atoms with E-state index in [1.54, 1.807) is 28.9 Å². The van der Waals surface area contributed by atoms with Gasteiger partial charge in [0.05, 0.1) is 17.7 Å². The van der Waals surface area contributed by atoms with Gasteiger partial charge in [-0.3, -0.25) is 14.5 Å². The zero-order valence-electron chi connectivity index (χ0n) is 10.8. The van der Waals surface area contributed by atoms with Gasteiger partial charge in [-0.05, 0) is 12.1 Å². The van der Waals surface area contributed by atoms with Crippen LogP contribution in [-0.4, -0.2) is 27.4 Å². The number of esters is 1. The molecule has 0 spiro atoms. The van der Waals surface area contributed by atoms with Gasteiger partial charge in [-0.2, -0.15) is 0 Å². The Hall–Kier alpha value is -2.74. The first-order valence-electron chi connectivity index (χ1n) is 5.90. The fraction of sp³-hybridized carbons (Fsp3) is 0.0769. The van der Waals surface area contributed by atoms with Crippen molar-refractivity contribution in [3.8, 4) is 11.3 Å². The van der Waals surface area contributed by atoms with Crippen LogP contribution in [0.15, 0.2) is 36.7 Å². The second-order valence-electron chi connectivity index (χ2n) is 4.21. The van der Waals surface area contributed by atoms with Crippen LogP contribution in [0.25, 0.3) is 16.2 Å². The quantitative estimate of drug-likeness (QED) is 0.422. The number of hydrogen-bond donors (Lipinski definition) is 0. The minimum Gasteiger partial charge on any atom is -0.465 e. The number of methoxy groups -OCH3 is 1. The Morgan fingerprint density at radius 3 is 2.62 bits per heavy atom. The molecule has 0 aliphatic rings. The van der Waals surface area contributed by atoms with Gasteiger partial charge in [-0.15, -0.1) is 0 Å². The van der Waals surface area contributed by atoms with Crippen molar-refractivity contribution in [3.63, 3.8) is 0 Å². The molecule has 0 N–H and O–H groups in total. The van der Waals surface area contributed by atoms with Crippen molar-refractivity contribution >= 4 is 28.0 Å². The average Bonchev–Trinajstić information content (AvgIpc) is 3.05. The van der Waals surface area contributed by atoms with E-state index in [0.29, 0.717) is 15.5 Å². The van der Waals surface area contributed by atoms with Crippen LogP contribution in [0, 0.1) is 10.1 Å². The maximum Gasteiger partial charge on any atom is 0.349 e. The number of carbonyl (C=O) groups excluding carboxylic acids is 1. The van der Waals surface area contributed by atoms with Crippen molar-refractivity contribution < 1.29 is 14.5 Å². The largest absolute Gasteiger partial charge is 0.465 e. The SMILES string of the molecule is COC(=O)c1cn2cc(-c3ccc([N+](=O)[O-])cc3)nc2s1. The minimum absolute atomic E-state index is 0.0350. The first kappa shape index (κ1) is 13.3. The Labute approximate surface area is 122 Å². The lowest BCUT2D eigenvalue weighted by atomic mass is 10.1. The Kier molecular flexibility index (Phi) is 3.15. The highest BCUT2D eigenvalue weighted by Gasteiger charge is 2.14. The van der Waals surface area contributed by atoms with Crippen LogP contribution in [0.1, 0.15) is 9.67 Å². The van der Waals surface area contributed by atoms with Crippen LogP contribution in [0.3, 0.4) is 0 Å². The first-order valence-corrected chi connectivity index (χ1v) is 6.72. The Bertz CT molecular complexity index is 803. The number of benzene rings is 1. The lowest BCUT2D eigenvalue weighted by Gasteiger charge is -1.95. The van der Waals surface area contributed by atoms with Gasteiger partial charge >= 0.3 is 5.97 Å². The van der Waals surface area contributed by atoms with Crippen molar-refractivity contribution in [3.05, 3.63) is 51.7 Å². The number of ether oxygens (including phenoxy) is 1. The molecular formula is C13H9N3O4S. The monoisotopic (exact) mass is 303 g/mol. The van der Waals surface area contributed by atoms with Crippen molar-refractivity contribution in [2.24, 2.45) is 0 Å². The summed E-state index contributed by atoms with van der Waals surface area (Å²) >= 11 is 1.22. The van der Waals surface area contributed by atoms with E-state index < -0.39 is 10.9 Å². The van der Waals surface area contributed by atoms with Crippen molar-refractivity contribution in [2.45, 2.75) is 0 Å². The van der Waals surface area contributed by atoms with Gasteiger partial charge in [0.1, 0.15) is 4.88 Å². The lowest BCUT2D eigenvalue weighted by Crippen LogP contribution is -1.97. The number of thiazole rings is 1. The summed E-state index contributed by atoms with van der Waals surface area (Å²) in [5.41, 5.74) is 1.50. The zero-order chi connectivity index (χ0) is 15.0. The van der Waals surface area contributed by atoms with E-state index in [4.69, 9.17) is 0 Å². The molecule has 8 heteroatoms. The molecule has 0 saturated heterocycles. The Morgan fingerprint density at radius 1 is 1.33 bits per heavy atom. The van der Waals surface area contributed by atoms with E-state index in [0.717, 1.165) is 5.56 Å². The molecule has 0 aliphatic carbocycles. The highest BCUT2D eigenvalue weighted by Crippen LogP contribution is 2.25. The van der Waals surface area contributed by atoms with Gasteiger partial charge in [0, 0.05) is 30.1 Å². The molecule has 3 aromatic rings. The number of hydrogen-bond acceptors (Lipinski definition) is 6. The third-order valence-electron chi connectivity index (χ3n) is 2.92. The molecule has 3 rings (SSSR count). The van der Waals surface area contributed by atoms with Gasteiger partial charge in [0.15, 0.2) is 4.96 Å². The standard InChI is InChI=1S/C13H9N3O4S/c1-20-12(17)11-7-15-6-10(14-13(15)21-11)8-2-4-9(5-3-8)16(18)19/h2-7H,1H3. The van der Waals surface area contributed by atoms with Gasteiger partial charge in [0.2, 0.25) is 0 Å². The third-order valence-corrected chi connectivity index (χ3v) is 3.89. The zero-order valence-corrected chi connectivity index (χ0v) is 11.7. The molecular weight excluding hydrogens is 294 g/mol. The number of aromatic nitrogens is 2. The van der Waals surface area contributed by atoms with Crippen LogP contribution in [0.5, 0.6) is 0 Å². The van der Waals surface area contributed by atoms with Crippen LogP contribution < -0.4 is 0 Å². The number of nitrogens with zero attached hydrogens (tertiary/aromatic N) is 3. The van der Waals surface area contributed by atoms with Crippen LogP contribution >= 0.6 is 11.3 Å². The molecule has 0 fully saturated rings. The van der Waals surface area contributed by atoms with Gasteiger partial charge in [-0.1, -0.05) is 11.3 Å². The van der Waals surface area contributed by atoms with Crippen molar-refractivity contribution in [1.29, 1.82) is 0 Å². The second kappa shape index (κ2) is 4.98. The summed E-state index contributed by atoms with van der Waals surface area (Å²) in [5, 5.41) is 10.6. The van der Waals surface area contributed by atoms with Gasteiger partial charge in [0.25, 0.3) is 5.69 Å². The number of nitro groups is 1. The fourth-order valence-corrected chi connectivity index (χ4v) is 2.77. The van der Waals surface area contributed by atoms with Crippen LogP contribution in [-0.2, 0) is 4.74 Å². The number of fused-ring (bicyclic) bond motifs is 1. The molecule has 0 saturated carbocycles. The maximum absolute atomic E-state index is 11.4. The first-order chi connectivity index (χ1) is 10.1. The van der Waals surface area contributed by atoms with E-state index in [1.165, 1.54) is 30.6 Å². The number of non-ortho nitro benzene ring substituents is 1. The Balaban J connectivity index is 1.95. The minimum atomic E-state index is -0.446. The van der Waals surface area contributed by atoms with Crippen molar-refractivity contribution in [2.75, 3.05) is 7.11 Å². The summed E-state index contributed by atoms with van der Waals surface area (Å²) in [7, 11) is 1.33. The normalized spacial score (nSPS) is 10.7. The summed E-state index contributed by atoms with van der Waals surface area (Å²) < 4.78 is 6.38. The fourth-order valence-electron chi connectivity index (χ4n) is 1.88. The molecule has 0 bridgehead atoms. The molecule has 0 unspecified atom stereocenters. The van der Waals surface area contributed by atoms with E-state index in [9.17, 15) is 14.9 Å². The Morgan fingerprint density at radius 2 is 2.05 bits per heavy atom. The van der Waals surface area contributed by atoms with E-state index in [1.807, 2.05) is 0 Å². The number of nitro benzene ring substituents is 1. The predicted molar refractivity (Wildman–Crippen MR) is 76.5 cm³/mol. The van der Waals surface area contributed by atoms with Crippen LogP contribution in [0.2, 0.25) is 0 Å².